The predicted octanol–water partition coefficient (Wildman–Crippen LogP) is 0.417. The van der Waals surface area contributed by atoms with Crippen molar-refractivity contribution in [2.75, 3.05) is 40.3 Å². The van der Waals surface area contributed by atoms with Gasteiger partial charge in [-0.1, -0.05) is 0 Å². The van der Waals surface area contributed by atoms with Crippen molar-refractivity contribution >= 4 is 0 Å². The molecule has 2 rings (SSSR count). The predicted molar refractivity (Wildman–Crippen MR) is 69.9 cm³/mol. The van der Waals surface area contributed by atoms with Crippen LogP contribution in [0.2, 0.25) is 0 Å². The fourth-order valence-electron chi connectivity index (χ4n) is 2.34. The number of likely N-dealkylation sites (N-methyl/N-ethyl adjacent to an activating group) is 1. The molecule has 94 valence electrons. The van der Waals surface area contributed by atoms with Crippen molar-refractivity contribution in [2.45, 2.75) is 12.6 Å². The molecule has 1 unspecified atom stereocenters. The molecule has 0 aromatic carbocycles. The van der Waals surface area contributed by atoms with E-state index in [1.165, 1.54) is 5.56 Å². The number of pyridine rings is 1. The minimum absolute atomic E-state index is 0.604. The average molecular weight is 234 g/mol. The van der Waals surface area contributed by atoms with Gasteiger partial charge in [0.1, 0.15) is 0 Å². The summed E-state index contributed by atoms with van der Waals surface area (Å²) in [5, 5.41) is 3.48. The first-order chi connectivity index (χ1) is 8.25. The molecule has 0 bridgehead atoms. The van der Waals surface area contributed by atoms with Crippen molar-refractivity contribution in [2.24, 2.45) is 0 Å². The van der Waals surface area contributed by atoms with E-state index in [-0.39, 0.29) is 0 Å². The summed E-state index contributed by atoms with van der Waals surface area (Å²) in [6.45, 7) is 5.44. The molecule has 0 saturated carbocycles. The van der Waals surface area contributed by atoms with Gasteiger partial charge in [0.2, 0.25) is 0 Å². The van der Waals surface area contributed by atoms with Crippen LogP contribution >= 0.6 is 0 Å². The minimum atomic E-state index is 0.604. The summed E-state index contributed by atoms with van der Waals surface area (Å²) in [7, 11) is 4.28. The van der Waals surface area contributed by atoms with Crippen LogP contribution in [0.25, 0.3) is 0 Å². The number of hydrogen-bond acceptors (Lipinski definition) is 4. The molecule has 0 spiro atoms. The average Bonchev–Trinajstić information content (AvgIpc) is 2.32. The smallest absolute Gasteiger partial charge is 0.0351 e. The van der Waals surface area contributed by atoms with Gasteiger partial charge in [-0.2, -0.15) is 0 Å². The number of rotatable bonds is 4. The maximum Gasteiger partial charge on any atom is 0.0351 e. The summed E-state index contributed by atoms with van der Waals surface area (Å²) >= 11 is 0. The second-order valence-corrected chi connectivity index (χ2v) is 4.95. The van der Waals surface area contributed by atoms with Crippen molar-refractivity contribution in [1.29, 1.82) is 0 Å². The Bertz CT molecular complexity index is 325. The van der Waals surface area contributed by atoms with Crippen LogP contribution in [0.1, 0.15) is 5.56 Å². The van der Waals surface area contributed by atoms with Crippen LogP contribution in [0.15, 0.2) is 24.5 Å². The van der Waals surface area contributed by atoms with Gasteiger partial charge in [-0.15, -0.1) is 0 Å². The van der Waals surface area contributed by atoms with E-state index in [1.807, 2.05) is 12.4 Å². The highest BCUT2D eigenvalue weighted by Crippen LogP contribution is 2.10. The molecule has 1 aromatic rings. The Hall–Kier alpha value is -0.970. The monoisotopic (exact) mass is 234 g/mol. The Kier molecular flexibility index (Phi) is 4.48. The molecule has 1 atom stereocenters. The van der Waals surface area contributed by atoms with Crippen LogP contribution in [-0.2, 0) is 6.54 Å². The van der Waals surface area contributed by atoms with Gasteiger partial charge in [-0.3, -0.25) is 9.88 Å². The van der Waals surface area contributed by atoms with Crippen LogP contribution in [0.4, 0.5) is 0 Å². The van der Waals surface area contributed by atoms with Crippen molar-refractivity contribution in [3.63, 3.8) is 0 Å². The Labute approximate surface area is 104 Å². The molecule has 0 amide bonds. The number of aromatic nitrogens is 1. The van der Waals surface area contributed by atoms with E-state index in [0.29, 0.717) is 6.04 Å². The molecule has 4 heteroatoms. The third-order valence-electron chi connectivity index (χ3n) is 3.18. The van der Waals surface area contributed by atoms with Crippen LogP contribution < -0.4 is 5.32 Å². The normalized spacial score (nSPS) is 21.9. The van der Waals surface area contributed by atoms with Crippen molar-refractivity contribution < 1.29 is 0 Å². The zero-order valence-electron chi connectivity index (χ0n) is 10.8. The summed E-state index contributed by atoms with van der Waals surface area (Å²) in [6, 6.07) is 4.82. The lowest BCUT2D eigenvalue weighted by molar-refractivity contribution is 0.126. The minimum Gasteiger partial charge on any atom is -0.314 e. The molecule has 0 radical (unpaired) electrons. The lowest BCUT2D eigenvalue weighted by Gasteiger charge is -2.37. The molecule has 1 aliphatic heterocycles. The van der Waals surface area contributed by atoms with E-state index in [4.69, 9.17) is 0 Å². The first-order valence-electron chi connectivity index (χ1n) is 6.24. The van der Waals surface area contributed by atoms with Gasteiger partial charge in [-0.05, 0) is 31.8 Å². The third kappa shape index (κ3) is 3.77. The van der Waals surface area contributed by atoms with E-state index in [0.717, 1.165) is 32.7 Å². The molecule has 1 fully saturated rings. The molecular formula is C13H22N4. The van der Waals surface area contributed by atoms with E-state index in [2.05, 4.69) is 46.3 Å². The molecule has 0 aliphatic carbocycles. The maximum atomic E-state index is 4.07. The second kappa shape index (κ2) is 6.10. The van der Waals surface area contributed by atoms with Gasteiger partial charge in [0.25, 0.3) is 0 Å². The topological polar surface area (TPSA) is 31.4 Å². The van der Waals surface area contributed by atoms with Crippen LogP contribution in [-0.4, -0.2) is 61.1 Å². The molecule has 2 heterocycles. The van der Waals surface area contributed by atoms with Gasteiger partial charge >= 0.3 is 0 Å². The van der Waals surface area contributed by atoms with Gasteiger partial charge in [0.05, 0.1) is 0 Å². The van der Waals surface area contributed by atoms with Gasteiger partial charge in [-0.25, -0.2) is 0 Å². The number of piperazine rings is 1. The quantitative estimate of drug-likeness (QED) is 0.818. The molecule has 17 heavy (non-hydrogen) atoms. The lowest BCUT2D eigenvalue weighted by atomic mass is 10.1. The van der Waals surface area contributed by atoms with Gasteiger partial charge in [0, 0.05) is 51.2 Å². The van der Waals surface area contributed by atoms with Crippen LogP contribution in [0.5, 0.6) is 0 Å². The van der Waals surface area contributed by atoms with E-state index in [9.17, 15) is 0 Å². The van der Waals surface area contributed by atoms with Crippen LogP contribution in [0.3, 0.4) is 0 Å². The molecule has 1 aliphatic rings. The first kappa shape index (κ1) is 12.5. The molecular weight excluding hydrogens is 212 g/mol. The molecule has 1 saturated heterocycles. The zero-order valence-corrected chi connectivity index (χ0v) is 10.8. The van der Waals surface area contributed by atoms with E-state index in [1.54, 1.807) is 0 Å². The van der Waals surface area contributed by atoms with Crippen molar-refractivity contribution in [1.82, 2.24) is 20.1 Å². The summed E-state index contributed by atoms with van der Waals surface area (Å²) in [4.78, 5) is 8.89. The summed E-state index contributed by atoms with van der Waals surface area (Å²) in [6.07, 6.45) is 3.75. The van der Waals surface area contributed by atoms with Crippen LogP contribution in [0, 0.1) is 0 Å². The highest BCUT2D eigenvalue weighted by molar-refractivity contribution is 5.10. The fourth-order valence-corrected chi connectivity index (χ4v) is 2.34. The zero-order chi connectivity index (χ0) is 12.1. The Morgan fingerprint density at radius 2 is 2.18 bits per heavy atom. The van der Waals surface area contributed by atoms with Crippen molar-refractivity contribution in [3.05, 3.63) is 30.1 Å². The van der Waals surface area contributed by atoms with Crippen molar-refractivity contribution in [3.8, 4) is 0 Å². The molecule has 1 N–H and O–H groups in total. The third-order valence-corrected chi connectivity index (χ3v) is 3.18. The Morgan fingerprint density at radius 3 is 2.88 bits per heavy atom. The molecule has 4 nitrogen and oxygen atoms in total. The highest BCUT2D eigenvalue weighted by atomic mass is 15.2. The Morgan fingerprint density at radius 1 is 1.41 bits per heavy atom. The van der Waals surface area contributed by atoms with Gasteiger partial charge in [0.15, 0.2) is 0 Å². The number of nitrogens with zero attached hydrogens (tertiary/aromatic N) is 3. The first-order valence-corrected chi connectivity index (χ1v) is 6.24. The summed E-state index contributed by atoms with van der Waals surface area (Å²) in [5.41, 5.74) is 1.35. The molecule has 1 aromatic heterocycles. The standard InChI is InChI=1S/C13H22N4/c1-16(2)11-13-9-15-7-8-17(13)10-12-3-5-14-6-4-12/h3-6,13,15H,7-11H2,1-2H3. The number of nitrogens with one attached hydrogen (secondary N) is 1. The van der Waals surface area contributed by atoms with Gasteiger partial charge < -0.3 is 10.2 Å². The summed E-state index contributed by atoms with van der Waals surface area (Å²) < 4.78 is 0. The maximum absolute atomic E-state index is 4.07. The fraction of sp³-hybridized carbons (Fsp3) is 0.615. The SMILES string of the molecule is CN(C)CC1CNCCN1Cc1ccncc1. The number of hydrogen-bond donors (Lipinski definition) is 1. The highest BCUT2D eigenvalue weighted by Gasteiger charge is 2.22. The second-order valence-electron chi connectivity index (χ2n) is 4.95. The largest absolute Gasteiger partial charge is 0.314 e. The Balaban J connectivity index is 1.96. The van der Waals surface area contributed by atoms with E-state index < -0.39 is 0 Å². The van der Waals surface area contributed by atoms with E-state index >= 15 is 0 Å². The lowest BCUT2D eigenvalue weighted by Crippen LogP contribution is -2.54. The summed E-state index contributed by atoms with van der Waals surface area (Å²) in [5.74, 6) is 0.